The molecule has 2 heterocycles. The number of anilines is 1. The Labute approximate surface area is 179 Å². The van der Waals surface area contributed by atoms with Crippen molar-refractivity contribution in [1.29, 1.82) is 0 Å². The smallest absolute Gasteiger partial charge is 0.215 e. The molecule has 1 aliphatic heterocycles. The summed E-state index contributed by atoms with van der Waals surface area (Å²) in [5.74, 6) is 3.54. The summed E-state index contributed by atoms with van der Waals surface area (Å²) in [5.41, 5.74) is 2.32. The zero-order chi connectivity index (χ0) is 21.1. The number of carbonyl (C=O) groups excluding carboxylic acids is 1. The van der Waals surface area contributed by atoms with Crippen molar-refractivity contribution in [2.45, 2.75) is 52.1 Å². The number of nitrogens with zero attached hydrogens (tertiary/aromatic N) is 2. The first-order valence-electron chi connectivity index (χ1n) is 11.1. The van der Waals surface area contributed by atoms with Gasteiger partial charge in [0.1, 0.15) is 17.6 Å². The summed E-state index contributed by atoms with van der Waals surface area (Å²) in [4.78, 5) is 18.0. The van der Waals surface area contributed by atoms with Gasteiger partial charge >= 0.3 is 0 Å². The van der Waals surface area contributed by atoms with Crippen LogP contribution in [0.3, 0.4) is 0 Å². The summed E-state index contributed by atoms with van der Waals surface area (Å²) >= 11 is 0. The largest absolute Gasteiger partial charge is 0.489 e. The average Bonchev–Trinajstić information content (AvgIpc) is 3.24. The van der Waals surface area contributed by atoms with Crippen LogP contribution in [0.15, 0.2) is 42.6 Å². The van der Waals surface area contributed by atoms with E-state index < -0.39 is 0 Å². The lowest BCUT2D eigenvalue weighted by atomic mass is 9.96. The van der Waals surface area contributed by atoms with Gasteiger partial charge in [0.2, 0.25) is 5.88 Å². The molecule has 1 aliphatic carbocycles. The van der Waals surface area contributed by atoms with Gasteiger partial charge in [-0.1, -0.05) is 26.0 Å². The molecular weight excluding hydrogens is 376 g/mol. The fourth-order valence-electron chi connectivity index (χ4n) is 4.17. The molecule has 1 aromatic heterocycles. The molecule has 0 amide bonds. The molecule has 4 rings (SSSR count). The molecule has 2 fully saturated rings. The average molecular weight is 409 g/mol. The Balaban J connectivity index is 1.29. The molecular formula is C25H32N2O3. The van der Waals surface area contributed by atoms with E-state index >= 15 is 0 Å². The Bertz CT molecular complexity index is 867. The van der Waals surface area contributed by atoms with Crippen LogP contribution < -0.4 is 14.4 Å². The van der Waals surface area contributed by atoms with E-state index in [0.717, 1.165) is 43.5 Å². The van der Waals surface area contributed by atoms with Gasteiger partial charge in [0.25, 0.3) is 0 Å². The molecule has 1 aromatic carbocycles. The van der Waals surface area contributed by atoms with Gasteiger partial charge in [-0.25, -0.2) is 4.98 Å². The summed E-state index contributed by atoms with van der Waals surface area (Å²) < 4.78 is 12.1. The number of ketones is 1. The first-order chi connectivity index (χ1) is 14.5. The lowest BCUT2D eigenvalue weighted by molar-refractivity contribution is -0.117. The van der Waals surface area contributed by atoms with E-state index in [0.29, 0.717) is 18.2 Å². The fourth-order valence-corrected chi connectivity index (χ4v) is 4.17. The van der Waals surface area contributed by atoms with Crippen LogP contribution in [0, 0.1) is 11.8 Å². The Morgan fingerprint density at radius 1 is 1.27 bits per heavy atom. The van der Waals surface area contributed by atoms with E-state index in [4.69, 9.17) is 9.47 Å². The second-order valence-electron chi connectivity index (χ2n) is 8.99. The number of ether oxygens (including phenoxy) is 2. The van der Waals surface area contributed by atoms with Crippen molar-refractivity contribution in [3.63, 3.8) is 0 Å². The summed E-state index contributed by atoms with van der Waals surface area (Å²) in [7, 11) is 0. The van der Waals surface area contributed by atoms with Crippen LogP contribution in [0.25, 0.3) is 0 Å². The highest BCUT2D eigenvalue weighted by Crippen LogP contribution is 2.38. The normalized spacial score (nSPS) is 23.8. The van der Waals surface area contributed by atoms with Crippen LogP contribution in [-0.4, -0.2) is 36.6 Å². The minimum atomic E-state index is 0.162. The zero-order valence-corrected chi connectivity index (χ0v) is 18.2. The van der Waals surface area contributed by atoms with E-state index in [1.165, 1.54) is 12.0 Å². The highest BCUT2D eigenvalue weighted by molar-refractivity contribution is 5.76. The van der Waals surface area contributed by atoms with Crippen LogP contribution in [0.5, 0.6) is 11.6 Å². The van der Waals surface area contributed by atoms with Crippen LogP contribution in [0.4, 0.5) is 5.69 Å². The van der Waals surface area contributed by atoms with Crippen LogP contribution in [0.1, 0.15) is 51.5 Å². The Hall–Kier alpha value is -2.56. The molecule has 5 heteroatoms. The van der Waals surface area contributed by atoms with Crippen LogP contribution in [0.2, 0.25) is 0 Å². The van der Waals surface area contributed by atoms with E-state index in [2.05, 4.69) is 35.9 Å². The van der Waals surface area contributed by atoms with Crippen molar-refractivity contribution in [3.05, 3.63) is 48.2 Å². The number of pyridine rings is 1. The maximum absolute atomic E-state index is 11.3. The third kappa shape index (κ3) is 5.32. The highest BCUT2D eigenvalue weighted by Gasteiger charge is 2.33. The fraction of sp³-hybridized carbons (Fsp3) is 0.520. The molecule has 0 spiro atoms. The number of hydrogen-bond donors (Lipinski definition) is 0. The molecule has 0 radical (unpaired) electrons. The van der Waals surface area contributed by atoms with E-state index in [9.17, 15) is 4.79 Å². The molecule has 2 aromatic rings. The van der Waals surface area contributed by atoms with Crippen molar-refractivity contribution >= 4 is 11.5 Å². The predicted molar refractivity (Wildman–Crippen MR) is 118 cm³/mol. The monoisotopic (exact) mass is 408 g/mol. The number of carbonyl (C=O) groups is 1. The third-order valence-corrected chi connectivity index (χ3v) is 6.30. The van der Waals surface area contributed by atoms with Crippen molar-refractivity contribution < 1.29 is 14.3 Å². The van der Waals surface area contributed by atoms with Crippen LogP contribution in [-0.2, 0) is 4.79 Å². The van der Waals surface area contributed by atoms with Gasteiger partial charge in [0.15, 0.2) is 0 Å². The molecule has 0 bridgehead atoms. The number of benzene rings is 1. The number of hydrogen-bond acceptors (Lipinski definition) is 5. The van der Waals surface area contributed by atoms with Gasteiger partial charge in [0.05, 0.1) is 13.2 Å². The van der Waals surface area contributed by atoms with Gasteiger partial charge in [0, 0.05) is 37.3 Å². The minimum Gasteiger partial charge on any atom is -0.489 e. The topological polar surface area (TPSA) is 51.7 Å². The highest BCUT2D eigenvalue weighted by atomic mass is 16.5. The van der Waals surface area contributed by atoms with Gasteiger partial charge in [-0.3, -0.25) is 0 Å². The molecule has 2 unspecified atom stereocenters. The van der Waals surface area contributed by atoms with Crippen molar-refractivity contribution in [2.24, 2.45) is 11.8 Å². The Morgan fingerprint density at radius 2 is 2.03 bits per heavy atom. The maximum Gasteiger partial charge on any atom is 0.215 e. The third-order valence-electron chi connectivity index (χ3n) is 6.30. The Kier molecular flexibility index (Phi) is 6.26. The number of rotatable bonds is 9. The molecule has 5 nitrogen and oxygen atoms in total. The van der Waals surface area contributed by atoms with Gasteiger partial charge in [-0.15, -0.1) is 0 Å². The van der Waals surface area contributed by atoms with Crippen molar-refractivity contribution in [3.8, 4) is 11.6 Å². The summed E-state index contributed by atoms with van der Waals surface area (Å²) in [6, 6.07) is 12.3. The van der Waals surface area contributed by atoms with Gasteiger partial charge < -0.3 is 19.2 Å². The quantitative estimate of drug-likeness (QED) is 0.593. The van der Waals surface area contributed by atoms with E-state index in [-0.39, 0.29) is 17.8 Å². The summed E-state index contributed by atoms with van der Waals surface area (Å²) in [5, 5.41) is 0. The second kappa shape index (κ2) is 9.07. The Morgan fingerprint density at radius 3 is 2.73 bits per heavy atom. The van der Waals surface area contributed by atoms with Gasteiger partial charge in [-0.05, 0) is 54.9 Å². The first kappa shape index (κ1) is 20.7. The summed E-state index contributed by atoms with van der Waals surface area (Å²) in [6.07, 6.45) is 4.82. The number of Topliss-reactive ketones (excluding diaryl/α,β-unsaturated/α-hetero) is 1. The molecule has 160 valence electrons. The zero-order valence-electron chi connectivity index (χ0n) is 18.2. The van der Waals surface area contributed by atoms with Gasteiger partial charge in [-0.2, -0.15) is 0 Å². The molecule has 1 saturated heterocycles. The number of aromatic nitrogens is 1. The molecule has 1 saturated carbocycles. The SMILES string of the molecule is CC(=O)C[C@@H](C)c1ccc(O[C@@H]2CCN(c3ccnc(OCC4CC4C)c3)C2)cc1. The maximum atomic E-state index is 11.3. The summed E-state index contributed by atoms with van der Waals surface area (Å²) in [6.45, 7) is 8.58. The minimum absolute atomic E-state index is 0.162. The van der Waals surface area contributed by atoms with E-state index in [1.54, 1.807) is 6.92 Å². The van der Waals surface area contributed by atoms with Crippen LogP contribution >= 0.6 is 0 Å². The standard InChI is InChI=1S/C25H32N2O3/c1-17(12-19(3)28)20-4-6-23(7-5-20)30-24-9-11-27(15-24)22-8-10-26-25(14-22)29-16-21-13-18(21)2/h4-8,10,14,17-18,21,24H,9,11-13,15-16H2,1-3H3/t17-,18?,21?,24-/m1/s1. The molecule has 4 atom stereocenters. The lowest BCUT2D eigenvalue weighted by Crippen LogP contribution is -2.24. The van der Waals surface area contributed by atoms with E-state index in [1.807, 2.05) is 30.5 Å². The first-order valence-corrected chi connectivity index (χ1v) is 11.1. The second-order valence-corrected chi connectivity index (χ2v) is 8.99. The van der Waals surface area contributed by atoms with Crippen molar-refractivity contribution in [2.75, 3.05) is 24.6 Å². The molecule has 2 aliphatic rings. The molecule has 30 heavy (non-hydrogen) atoms. The molecule has 0 N–H and O–H groups in total. The van der Waals surface area contributed by atoms with Crippen molar-refractivity contribution in [1.82, 2.24) is 4.98 Å². The lowest BCUT2D eigenvalue weighted by Gasteiger charge is -2.20. The predicted octanol–water partition coefficient (Wildman–Crippen LogP) is 4.86.